The van der Waals surface area contributed by atoms with E-state index in [1.807, 2.05) is 7.05 Å². The smallest absolute Gasteiger partial charge is 0.134 e. The van der Waals surface area contributed by atoms with Crippen molar-refractivity contribution in [1.82, 2.24) is 9.97 Å². The molecule has 94 valence electrons. The van der Waals surface area contributed by atoms with Crippen molar-refractivity contribution >= 4 is 11.6 Å². The van der Waals surface area contributed by atoms with Crippen molar-refractivity contribution in [3.8, 4) is 0 Å². The van der Waals surface area contributed by atoms with E-state index in [-0.39, 0.29) is 0 Å². The lowest BCUT2D eigenvalue weighted by atomic mass is 10.2. The fourth-order valence-corrected chi connectivity index (χ4v) is 2.23. The lowest BCUT2D eigenvalue weighted by Gasteiger charge is -2.22. The molecule has 0 radical (unpaired) electrons. The Morgan fingerprint density at radius 3 is 2.47 bits per heavy atom. The molecular formula is C13H22N4. The van der Waals surface area contributed by atoms with Gasteiger partial charge in [-0.2, -0.15) is 0 Å². The van der Waals surface area contributed by atoms with E-state index in [9.17, 15) is 0 Å². The van der Waals surface area contributed by atoms with Crippen LogP contribution in [-0.4, -0.2) is 30.1 Å². The lowest BCUT2D eigenvalue weighted by Crippen LogP contribution is -2.25. The van der Waals surface area contributed by atoms with Crippen LogP contribution in [0.1, 0.15) is 38.4 Å². The molecule has 2 heterocycles. The summed E-state index contributed by atoms with van der Waals surface area (Å²) in [7, 11) is 1.91. The molecule has 0 saturated carbocycles. The molecule has 0 unspecified atom stereocenters. The van der Waals surface area contributed by atoms with Gasteiger partial charge in [-0.3, -0.25) is 0 Å². The van der Waals surface area contributed by atoms with Gasteiger partial charge in [0, 0.05) is 32.6 Å². The molecule has 0 bridgehead atoms. The van der Waals surface area contributed by atoms with Crippen LogP contribution < -0.4 is 10.2 Å². The first-order chi connectivity index (χ1) is 8.33. The molecule has 1 aromatic rings. The highest BCUT2D eigenvalue weighted by atomic mass is 15.2. The van der Waals surface area contributed by atoms with E-state index in [1.165, 1.54) is 25.7 Å². The topological polar surface area (TPSA) is 41.1 Å². The molecule has 4 nitrogen and oxygen atoms in total. The Kier molecular flexibility index (Phi) is 4.18. The van der Waals surface area contributed by atoms with Crippen molar-refractivity contribution in [2.45, 2.75) is 39.0 Å². The third-order valence-electron chi connectivity index (χ3n) is 3.26. The lowest BCUT2D eigenvalue weighted by molar-refractivity contribution is 0.726. The summed E-state index contributed by atoms with van der Waals surface area (Å²) in [6, 6.07) is 2.06. The molecular weight excluding hydrogens is 212 g/mol. The van der Waals surface area contributed by atoms with Gasteiger partial charge in [-0.1, -0.05) is 19.8 Å². The first-order valence-electron chi connectivity index (χ1n) is 6.64. The SMILES string of the molecule is CCc1nc(NC)cc(N2CCCCCC2)n1. The average molecular weight is 234 g/mol. The van der Waals surface area contributed by atoms with E-state index >= 15 is 0 Å². The summed E-state index contributed by atoms with van der Waals surface area (Å²) in [6.07, 6.45) is 6.14. The Hall–Kier alpha value is -1.32. The van der Waals surface area contributed by atoms with Gasteiger partial charge in [0.25, 0.3) is 0 Å². The van der Waals surface area contributed by atoms with Gasteiger partial charge in [-0.25, -0.2) is 9.97 Å². The zero-order chi connectivity index (χ0) is 12.1. The fraction of sp³-hybridized carbons (Fsp3) is 0.692. The number of aromatic nitrogens is 2. The Morgan fingerprint density at radius 2 is 1.88 bits per heavy atom. The normalized spacial score (nSPS) is 16.7. The minimum Gasteiger partial charge on any atom is -0.373 e. The number of nitrogens with one attached hydrogen (secondary N) is 1. The highest BCUT2D eigenvalue weighted by Gasteiger charge is 2.12. The van der Waals surface area contributed by atoms with E-state index in [2.05, 4.69) is 33.2 Å². The molecule has 0 atom stereocenters. The van der Waals surface area contributed by atoms with Crippen molar-refractivity contribution in [3.05, 3.63) is 11.9 Å². The maximum atomic E-state index is 4.64. The van der Waals surface area contributed by atoms with Gasteiger partial charge in [0.2, 0.25) is 0 Å². The van der Waals surface area contributed by atoms with Crippen LogP contribution in [0, 0.1) is 0 Å². The quantitative estimate of drug-likeness (QED) is 0.872. The van der Waals surface area contributed by atoms with Crippen molar-refractivity contribution in [2.75, 3.05) is 30.4 Å². The van der Waals surface area contributed by atoms with Crippen molar-refractivity contribution in [1.29, 1.82) is 0 Å². The van der Waals surface area contributed by atoms with Crippen molar-refractivity contribution in [3.63, 3.8) is 0 Å². The van der Waals surface area contributed by atoms with Gasteiger partial charge >= 0.3 is 0 Å². The van der Waals surface area contributed by atoms with Crippen molar-refractivity contribution in [2.24, 2.45) is 0 Å². The van der Waals surface area contributed by atoms with Crippen LogP contribution in [0.15, 0.2) is 6.07 Å². The molecule has 1 fully saturated rings. The standard InChI is InChI=1S/C13H22N4/c1-3-11-15-12(14-2)10-13(16-11)17-8-6-4-5-7-9-17/h10H,3-9H2,1-2H3,(H,14,15,16). The number of nitrogens with zero attached hydrogens (tertiary/aromatic N) is 3. The molecule has 0 amide bonds. The maximum absolute atomic E-state index is 4.64. The van der Waals surface area contributed by atoms with Gasteiger partial charge in [0.05, 0.1) is 0 Å². The summed E-state index contributed by atoms with van der Waals surface area (Å²) in [5.41, 5.74) is 0. The predicted octanol–water partition coefficient (Wildman–Crippen LogP) is 2.46. The summed E-state index contributed by atoms with van der Waals surface area (Å²) in [5.74, 6) is 2.94. The minimum absolute atomic E-state index is 0.885. The molecule has 17 heavy (non-hydrogen) atoms. The van der Waals surface area contributed by atoms with E-state index in [0.717, 1.165) is 37.0 Å². The second-order valence-corrected chi connectivity index (χ2v) is 4.53. The predicted molar refractivity (Wildman–Crippen MR) is 71.6 cm³/mol. The van der Waals surface area contributed by atoms with Crippen LogP contribution in [0.2, 0.25) is 0 Å². The summed E-state index contributed by atoms with van der Waals surface area (Å²) in [4.78, 5) is 11.5. The zero-order valence-electron chi connectivity index (χ0n) is 10.9. The first kappa shape index (κ1) is 12.1. The van der Waals surface area contributed by atoms with Crippen LogP contribution in [0.3, 0.4) is 0 Å². The molecule has 1 aromatic heterocycles. The molecule has 2 rings (SSSR count). The molecule has 0 aliphatic carbocycles. The summed E-state index contributed by atoms with van der Waals surface area (Å²) in [5, 5.41) is 3.12. The Bertz CT molecular complexity index is 334. The summed E-state index contributed by atoms with van der Waals surface area (Å²) in [6.45, 7) is 4.35. The molecule has 1 saturated heterocycles. The second kappa shape index (κ2) is 5.84. The number of anilines is 2. The van der Waals surface area contributed by atoms with Gasteiger partial charge in [-0.15, -0.1) is 0 Å². The Labute approximate surface area is 103 Å². The molecule has 4 heteroatoms. The number of hydrogen-bond donors (Lipinski definition) is 1. The number of aryl methyl sites for hydroxylation is 1. The highest BCUT2D eigenvalue weighted by Crippen LogP contribution is 2.20. The van der Waals surface area contributed by atoms with Crippen LogP contribution in [0.25, 0.3) is 0 Å². The molecule has 0 aromatic carbocycles. The third kappa shape index (κ3) is 3.08. The largest absolute Gasteiger partial charge is 0.373 e. The van der Waals surface area contributed by atoms with Gasteiger partial charge in [0.1, 0.15) is 17.5 Å². The van der Waals surface area contributed by atoms with Gasteiger partial charge in [0.15, 0.2) is 0 Å². The zero-order valence-corrected chi connectivity index (χ0v) is 10.9. The average Bonchev–Trinajstić information content (AvgIpc) is 2.67. The molecule has 0 spiro atoms. The van der Waals surface area contributed by atoms with E-state index in [4.69, 9.17) is 0 Å². The fourth-order valence-electron chi connectivity index (χ4n) is 2.23. The monoisotopic (exact) mass is 234 g/mol. The van der Waals surface area contributed by atoms with Crippen LogP contribution in [0.5, 0.6) is 0 Å². The van der Waals surface area contributed by atoms with E-state index < -0.39 is 0 Å². The Morgan fingerprint density at radius 1 is 1.18 bits per heavy atom. The maximum Gasteiger partial charge on any atom is 0.134 e. The minimum atomic E-state index is 0.885. The van der Waals surface area contributed by atoms with Crippen molar-refractivity contribution < 1.29 is 0 Å². The second-order valence-electron chi connectivity index (χ2n) is 4.53. The molecule has 1 N–H and O–H groups in total. The van der Waals surface area contributed by atoms with E-state index in [0.29, 0.717) is 0 Å². The van der Waals surface area contributed by atoms with Crippen LogP contribution >= 0.6 is 0 Å². The molecule has 1 aliphatic rings. The molecule has 1 aliphatic heterocycles. The van der Waals surface area contributed by atoms with Gasteiger partial charge < -0.3 is 10.2 Å². The third-order valence-corrected chi connectivity index (χ3v) is 3.26. The number of hydrogen-bond acceptors (Lipinski definition) is 4. The van der Waals surface area contributed by atoms with Crippen LogP contribution in [0.4, 0.5) is 11.6 Å². The summed E-state index contributed by atoms with van der Waals surface area (Å²) < 4.78 is 0. The Balaban J connectivity index is 2.22. The highest BCUT2D eigenvalue weighted by molar-refractivity contribution is 5.49. The van der Waals surface area contributed by atoms with Gasteiger partial charge in [-0.05, 0) is 12.8 Å². The van der Waals surface area contributed by atoms with Crippen LogP contribution in [-0.2, 0) is 6.42 Å². The van der Waals surface area contributed by atoms with E-state index in [1.54, 1.807) is 0 Å². The summed E-state index contributed by atoms with van der Waals surface area (Å²) >= 11 is 0. The number of rotatable bonds is 3. The first-order valence-corrected chi connectivity index (χ1v) is 6.64.